The Bertz CT molecular complexity index is 506. The largest absolute Gasteiger partial charge is 0.372 e. The van der Waals surface area contributed by atoms with E-state index in [1.165, 1.54) is 0 Å². The third kappa shape index (κ3) is 2.96. The van der Waals surface area contributed by atoms with Crippen molar-refractivity contribution < 1.29 is 9.53 Å². The van der Waals surface area contributed by atoms with Crippen LogP contribution in [0.4, 0.5) is 0 Å². The van der Waals surface area contributed by atoms with Crippen molar-refractivity contribution in [3.8, 4) is 0 Å². The van der Waals surface area contributed by atoms with E-state index in [0.29, 0.717) is 13.1 Å². The number of ether oxygens (including phenoxy) is 1. The molecule has 116 valence electrons. The van der Waals surface area contributed by atoms with Crippen LogP contribution in [0, 0.1) is 0 Å². The average molecular weight is 292 g/mol. The molecule has 3 unspecified atom stereocenters. The monoisotopic (exact) mass is 292 g/mol. The Morgan fingerprint density at radius 2 is 2.05 bits per heavy atom. The molecule has 6 heteroatoms. The van der Waals surface area contributed by atoms with Crippen molar-refractivity contribution in [1.82, 2.24) is 19.4 Å². The van der Waals surface area contributed by atoms with Crippen LogP contribution in [0.2, 0.25) is 0 Å². The van der Waals surface area contributed by atoms with Crippen LogP contribution in [-0.4, -0.2) is 63.1 Å². The molecule has 0 radical (unpaired) electrons. The molecule has 1 saturated heterocycles. The summed E-state index contributed by atoms with van der Waals surface area (Å²) >= 11 is 0. The maximum atomic E-state index is 12.7. The second kappa shape index (κ2) is 5.77. The van der Waals surface area contributed by atoms with Crippen molar-refractivity contribution >= 4 is 5.91 Å². The quantitative estimate of drug-likeness (QED) is 0.806. The molecule has 2 aliphatic rings. The van der Waals surface area contributed by atoms with Crippen LogP contribution in [-0.2, 0) is 22.6 Å². The fraction of sp³-hybridized carbons (Fsp3) is 0.733. The lowest BCUT2D eigenvalue weighted by atomic mass is 10.1. The van der Waals surface area contributed by atoms with Crippen molar-refractivity contribution in [2.45, 2.75) is 52.1 Å². The van der Waals surface area contributed by atoms with Crippen LogP contribution in [0.1, 0.15) is 26.6 Å². The van der Waals surface area contributed by atoms with Gasteiger partial charge in [0.15, 0.2) is 0 Å². The number of hydrogen-bond donors (Lipinski definition) is 0. The number of fused-ring (bicyclic) bond motifs is 1. The lowest BCUT2D eigenvalue weighted by Crippen LogP contribution is -2.55. The molecule has 1 fully saturated rings. The van der Waals surface area contributed by atoms with E-state index in [1.54, 1.807) is 0 Å². The Morgan fingerprint density at radius 1 is 1.33 bits per heavy atom. The van der Waals surface area contributed by atoms with Crippen molar-refractivity contribution in [3.63, 3.8) is 0 Å². The Kier molecular flexibility index (Phi) is 3.99. The van der Waals surface area contributed by atoms with Crippen LogP contribution in [0.25, 0.3) is 0 Å². The minimum absolute atomic E-state index is 0.104. The molecule has 0 aromatic carbocycles. The Labute approximate surface area is 125 Å². The molecular weight excluding hydrogens is 268 g/mol. The van der Waals surface area contributed by atoms with Crippen molar-refractivity contribution in [2.75, 3.05) is 19.6 Å². The van der Waals surface area contributed by atoms with E-state index in [-0.39, 0.29) is 24.2 Å². The molecule has 0 spiro atoms. The summed E-state index contributed by atoms with van der Waals surface area (Å²) in [5, 5.41) is 0. The van der Waals surface area contributed by atoms with Gasteiger partial charge in [0.1, 0.15) is 5.82 Å². The summed E-state index contributed by atoms with van der Waals surface area (Å²) in [6.45, 7) is 9.98. The van der Waals surface area contributed by atoms with Gasteiger partial charge in [0.25, 0.3) is 0 Å². The first kappa shape index (κ1) is 14.5. The highest BCUT2D eigenvalue weighted by molar-refractivity contribution is 5.81. The predicted octanol–water partition coefficient (Wildman–Crippen LogP) is 0.723. The van der Waals surface area contributed by atoms with Gasteiger partial charge in [-0.15, -0.1) is 0 Å². The highest BCUT2D eigenvalue weighted by atomic mass is 16.5. The number of carbonyl (C=O) groups excluding carboxylic acids is 1. The van der Waals surface area contributed by atoms with Gasteiger partial charge in [-0.1, -0.05) is 0 Å². The van der Waals surface area contributed by atoms with Crippen molar-refractivity contribution in [1.29, 1.82) is 0 Å². The van der Waals surface area contributed by atoms with E-state index in [9.17, 15) is 4.79 Å². The first-order valence-electron chi connectivity index (χ1n) is 7.73. The number of carbonyl (C=O) groups is 1. The zero-order valence-electron chi connectivity index (χ0n) is 13.0. The Balaban J connectivity index is 1.65. The van der Waals surface area contributed by atoms with E-state index in [2.05, 4.69) is 14.5 Å². The van der Waals surface area contributed by atoms with Crippen LogP contribution in [0.15, 0.2) is 12.4 Å². The van der Waals surface area contributed by atoms with Crippen LogP contribution in [0.3, 0.4) is 0 Å². The Morgan fingerprint density at radius 3 is 2.76 bits per heavy atom. The van der Waals surface area contributed by atoms with Crippen molar-refractivity contribution in [2.24, 2.45) is 0 Å². The van der Waals surface area contributed by atoms with Crippen molar-refractivity contribution in [3.05, 3.63) is 18.2 Å². The second-order valence-electron chi connectivity index (χ2n) is 6.18. The van der Waals surface area contributed by atoms with Crippen LogP contribution < -0.4 is 0 Å². The summed E-state index contributed by atoms with van der Waals surface area (Å²) in [5.74, 6) is 1.25. The molecule has 0 aliphatic carbocycles. The van der Waals surface area contributed by atoms with Crippen LogP contribution >= 0.6 is 0 Å². The summed E-state index contributed by atoms with van der Waals surface area (Å²) < 4.78 is 7.87. The summed E-state index contributed by atoms with van der Waals surface area (Å²) in [6, 6.07) is -0.104. The normalized spacial score (nSPS) is 28.2. The molecule has 2 aliphatic heterocycles. The molecule has 0 saturated carbocycles. The summed E-state index contributed by atoms with van der Waals surface area (Å²) in [5.41, 5.74) is 0. The molecule has 1 amide bonds. The average Bonchev–Trinajstić information content (AvgIpc) is 2.92. The van der Waals surface area contributed by atoms with Gasteiger partial charge in [-0.25, -0.2) is 4.98 Å². The molecular formula is C15H24N4O2. The Hall–Kier alpha value is -1.40. The number of imidazole rings is 1. The minimum Gasteiger partial charge on any atom is -0.372 e. The number of amides is 1. The fourth-order valence-corrected chi connectivity index (χ4v) is 3.30. The first-order valence-corrected chi connectivity index (χ1v) is 7.73. The predicted molar refractivity (Wildman–Crippen MR) is 78.7 cm³/mol. The van der Waals surface area contributed by atoms with Gasteiger partial charge < -0.3 is 14.2 Å². The number of hydrogen-bond acceptors (Lipinski definition) is 4. The molecule has 1 aromatic heterocycles. The van der Waals surface area contributed by atoms with Gasteiger partial charge in [-0.3, -0.25) is 9.69 Å². The third-order valence-corrected chi connectivity index (χ3v) is 4.41. The molecule has 1 aromatic rings. The smallest absolute Gasteiger partial charge is 0.239 e. The maximum Gasteiger partial charge on any atom is 0.239 e. The molecule has 3 heterocycles. The van der Waals surface area contributed by atoms with Gasteiger partial charge >= 0.3 is 0 Å². The molecule has 0 bridgehead atoms. The van der Waals surface area contributed by atoms with E-state index >= 15 is 0 Å². The highest BCUT2D eigenvalue weighted by Gasteiger charge is 2.32. The molecule has 0 N–H and O–H groups in total. The van der Waals surface area contributed by atoms with E-state index in [0.717, 1.165) is 25.5 Å². The topological polar surface area (TPSA) is 50.6 Å². The van der Waals surface area contributed by atoms with E-state index in [1.807, 2.05) is 38.1 Å². The summed E-state index contributed by atoms with van der Waals surface area (Å²) in [7, 11) is 0. The maximum absolute atomic E-state index is 12.7. The summed E-state index contributed by atoms with van der Waals surface area (Å²) in [6.07, 6.45) is 4.07. The SMILES string of the molecule is CC1CN(C(=O)C(C)N2CCn3ccnc3C2)CC(C)O1. The minimum atomic E-state index is -0.104. The standard InChI is InChI=1S/C15H24N4O2/c1-11-8-19(9-12(2)21-11)15(20)13(3)18-7-6-17-5-4-16-14(17)10-18/h4-5,11-13H,6-10H2,1-3H3. The number of rotatable bonds is 2. The molecule has 3 rings (SSSR count). The number of morpholine rings is 1. The van der Waals surface area contributed by atoms with Gasteiger partial charge in [0.05, 0.1) is 24.8 Å². The lowest BCUT2D eigenvalue weighted by molar-refractivity contribution is -0.148. The van der Waals surface area contributed by atoms with Crippen LogP contribution in [0.5, 0.6) is 0 Å². The van der Waals surface area contributed by atoms with E-state index in [4.69, 9.17) is 4.74 Å². The second-order valence-corrected chi connectivity index (χ2v) is 6.18. The molecule has 21 heavy (non-hydrogen) atoms. The number of aromatic nitrogens is 2. The molecule has 3 atom stereocenters. The third-order valence-electron chi connectivity index (χ3n) is 4.41. The molecule has 6 nitrogen and oxygen atoms in total. The van der Waals surface area contributed by atoms with E-state index < -0.39 is 0 Å². The zero-order valence-corrected chi connectivity index (χ0v) is 13.0. The lowest BCUT2D eigenvalue weighted by Gasteiger charge is -2.39. The number of nitrogens with zero attached hydrogens (tertiary/aromatic N) is 4. The van der Waals surface area contributed by atoms with Gasteiger partial charge in [-0.05, 0) is 20.8 Å². The van der Waals surface area contributed by atoms with Gasteiger partial charge in [0, 0.05) is 38.6 Å². The summed E-state index contributed by atoms with van der Waals surface area (Å²) in [4.78, 5) is 21.3. The first-order chi connectivity index (χ1) is 10.0. The highest BCUT2D eigenvalue weighted by Crippen LogP contribution is 2.17. The fourth-order valence-electron chi connectivity index (χ4n) is 3.30. The van der Waals surface area contributed by atoms with Gasteiger partial charge in [-0.2, -0.15) is 0 Å². The zero-order chi connectivity index (χ0) is 15.0. The van der Waals surface area contributed by atoms with Gasteiger partial charge in [0.2, 0.25) is 5.91 Å².